The number of carbonyl (C=O) groups excluding carboxylic acids is 1. The fourth-order valence-electron chi connectivity index (χ4n) is 2.09. The number of nitrogens with one attached hydrogen (secondary N) is 1. The molecule has 0 radical (unpaired) electrons. The van der Waals surface area contributed by atoms with E-state index in [4.69, 9.17) is 11.6 Å². The Labute approximate surface area is 139 Å². The average molecular weight is 352 g/mol. The van der Waals surface area contributed by atoms with Crippen molar-refractivity contribution < 1.29 is 19.6 Å². The minimum atomic E-state index is -1.46. The number of nitro groups is 1. The third-order valence-corrected chi connectivity index (χ3v) is 3.57. The molecule has 11 heteroatoms. The van der Waals surface area contributed by atoms with Gasteiger partial charge in [-0.2, -0.15) is 0 Å². The van der Waals surface area contributed by atoms with E-state index in [2.05, 4.69) is 20.4 Å². The molecule has 1 aliphatic heterocycles. The number of benzene rings is 1. The number of aliphatic hydroxyl groups is 1. The number of halogens is 1. The monoisotopic (exact) mass is 351 g/mol. The van der Waals surface area contributed by atoms with Crippen LogP contribution in [0.5, 0.6) is 0 Å². The van der Waals surface area contributed by atoms with Gasteiger partial charge in [-0.1, -0.05) is 28.9 Å². The van der Waals surface area contributed by atoms with Crippen molar-refractivity contribution in [3.63, 3.8) is 0 Å². The van der Waals surface area contributed by atoms with Crippen LogP contribution < -0.4 is 5.32 Å². The van der Waals surface area contributed by atoms with Crippen LogP contribution in [0, 0.1) is 10.1 Å². The summed E-state index contributed by atoms with van der Waals surface area (Å²) in [5.74, 6) is -0.824. The number of aromatic nitrogens is 3. The van der Waals surface area contributed by atoms with E-state index in [1.165, 1.54) is 23.0 Å². The number of rotatable bonds is 5. The molecule has 3 rings (SSSR count). The second kappa shape index (κ2) is 6.26. The second-order valence-electron chi connectivity index (χ2n) is 4.74. The molecular formula is C13H10ClN5O5. The summed E-state index contributed by atoms with van der Waals surface area (Å²) in [6, 6.07) is 6.09. The lowest BCUT2D eigenvalue weighted by Crippen LogP contribution is -2.22. The van der Waals surface area contributed by atoms with Crippen molar-refractivity contribution in [1.29, 1.82) is 0 Å². The quantitative estimate of drug-likeness (QED) is 0.454. The van der Waals surface area contributed by atoms with Crippen molar-refractivity contribution in [3.8, 4) is 5.69 Å². The normalized spacial score (nSPS) is 17.1. The molecule has 24 heavy (non-hydrogen) atoms. The molecule has 1 unspecified atom stereocenters. The molecule has 124 valence electrons. The van der Waals surface area contributed by atoms with Crippen molar-refractivity contribution >= 4 is 23.3 Å². The van der Waals surface area contributed by atoms with E-state index >= 15 is 0 Å². The first-order valence-corrected chi connectivity index (χ1v) is 7.03. The van der Waals surface area contributed by atoms with Crippen LogP contribution in [0.2, 0.25) is 0 Å². The third-order valence-electron chi connectivity index (χ3n) is 3.21. The van der Waals surface area contributed by atoms with Crippen LogP contribution in [0.3, 0.4) is 0 Å². The molecule has 10 nitrogen and oxygen atoms in total. The maximum absolute atomic E-state index is 11.2. The van der Waals surface area contributed by atoms with E-state index < -0.39 is 17.2 Å². The molecule has 0 aliphatic carbocycles. The van der Waals surface area contributed by atoms with Crippen LogP contribution in [0.4, 0.5) is 5.69 Å². The summed E-state index contributed by atoms with van der Waals surface area (Å²) in [5, 5.41) is 30.8. The van der Waals surface area contributed by atoms with Crippen LogP contribution in [0.25, 0.3) is 5.69 Å². The Morgan fingerprint density at radius 2 is 2.21 bits per heavy atom. The molecule has 0 fully saturated rings. The number of carbonyl (C=O) groups is 1. The standard InChI is InChI=1S/C13H10ClN5O5/c14-10-11(13(21)24-12(10)20)15-5-7-6-18(17-16-7)8-3-1-2-4-9(8)19(22)23/h1-4,6,13,15,21H,5H2. The largest absolute Gasteiger partial charge is 0.425 e. The summed E-state index contributed by atoms with van der Waals surface area (Å²) in [6.07, 6.45) is 0.0172. The summed E-state index contributed by atoms with van der Waals surface area (Å²) in [5.41, 5.74) is 0.592. The Bertz CT molecular complexity index is 849. The minimum absolute atomic E-state index is 0.0295. The first kappa shape index (κ1) is 15.9. The zero-order chi connectivity index (χ0) is 17.3. The molecule has 0 bridgehead atoms. The van der Waals surface area contributed by atoms with Crippen LogP contribution in [0.15, 0.2) is 41.2 Å². The van der Waals surface area contributed by atoms with Gasteiger partial charge in [0.05, 0.1) is 17.7 Å². The van der Waals surface area contributed by atoms with Gasteiger partial charge >= 0.3 is 5.97 Å². The SMILES string of the molecule is O=C1OC(O)C(NCc2cn(-c3ccccc3[N+](=O)[O-])nn2)=C1Cl. The van der Waals surface area contributed by atoms with E-state index in [0.717, 1.165) is 0 Å². The molecule has 2 heterocycles. The summed E-state index contributed by atoms with van der Waals surface area (Å²) >= 11 is 5.71. The highest BCUT2D eigenvalue weighted by Gasteiger charge is 2.31. The van der Waals surface area contributed by atoms with Gasteiger partial charge in [0, 0.05) is 6.07 Å². The Balaban J connectivity index is 1.78. The van der Waals surface area contributed by atoms with Gasteiger partial charge in [-0.05, 0) is 6.07 Å². The summed E-state index contributed by atoms with van der Waals surface area (Å²) in [6.45, 7) is 0.0832. The topological polar surface area (TPSA) is 132 Å². The zero-order valence-electron chi connectivity index (χ0n) is 11.9. The highest BCUT2D eigenvalue weighted by atomic mass is 35.5. The Morgan fingerprint density at radius 3 is 2.88 bits per heavy atom. The van der Waals surface area contributed by atoms with Crippen molar-refractivity contribution in [2.75, 3.05) is 0 Å². The van der Waals surface area contributed by atoms with Crippen molar-refractivity contribution in [1.82, 2.24) is 20.3 Å². The number of hydrogen-bond donors (Lipinski definition) is 2. The molecule has 1 aromatic carbocycles. The lowest BCUT2D eigenvalue weighted by Gasteiger charge is -2.08. The Kier molecular flexibility index (Phi) is 4.15. The molecular weight excluding hydrogens is 342 g/mol. The number of nitrogens with zero attached hydrogens (tertiary/aromatic N) is 4. The molecule has 1 aromatic heterocycles. The number of aliphatic hydroxyl groups excluding tert-OH is 1. The minimum Gasteiger partial charge on any atom is -0.425 e. The fourth-order valence-corrected chi connectivity index (χ4v) is 2.30. The molecule has 0 spiro atoms. The number of cyclic esters (lactones) is 1. The van der Waals surface area contributed by atoms with Crippen LogP contribution >= 0.6 is 11.6 Å². The molecule has 0 saturated carbocycles. The van der Waals surface area contributed by atoms with E-state index in [-0.39, 0.29) is 28.6 Å². The third kappa shape index (κ3) is 2.92. The number of para-hydroxylation sites is 2. The van der Waals surface area contributed by atoms with Gasteiger partial charge < -0.3 is 15.2 Å². The van der Waals surface area contributed by atoms with E-state index in [9.17, 15) is 20.0 Å². The van der Waals surface area contributed by atoms with Crippen molar-refractivity contribution in [2.45, 2.75) is 12.8 Å². The number of hydrogen-bond acceptors (Lipinski definition) is 8. The summed E-state index contributed by atoms with van der Waals surface area (Å²) in [4.78, 5) is 21.7. The van der Waals surface area contributed by atoms with Crippen molar-refractivity contribution in [2.24, 2.45) is 0 Å². The predicted molar refractivity (Wildman–Crippen MR) is 79.8 cm³/mol. The lowest BCUT2D eigenvalue weighted by molar-refractivity contribution is -0.384. The highest BCUT2D eigenvalue weighted by Crippen LogP contribution is 2.23. The zero-order valence-corrected chi connectivity index (χ0v) is 12.7. The van der Waals surface area contributed by atoms with Gasteiger partial charge in [-0.25, -0.2) is 9.48 Å². The van der Waals surface area contributed by atoms with E-state index in [1.807, 2.05) is 0 Å². The van der Waals surface area contributed by atoms with Gasteiger partial charge in [-0.15, -0.1) is 5.10 Å². The first-order valence-electron chi connectivity index (χ1n) is 6.65. The lowest BCUT2D eigenvalue weighted by atomic mass is 10.3. The van der Waals surface area contributed by atoms with E-state index in [1.54, 1.807) is 12.1 Å². The summed E-state index contributed by atoms with van der Waals surface area (Å²) in [7, 11) is 0. The van der Waals surface area contributed by atoms with Crippen LogP contribution in [0.1, 0.15) is 5.69 Å². The first-order chi connectivity index (χ1) is 11.5. The second-order valence-corrected chi connectivity index (χ2v) is 5.12. The number of ether oxygens (including phenoxy) is 1. The molecule has 2 aromatic rings. The van der Waals surface area contributed by atoms with Gasteiger partial charge in [0.25, 0.3) is 5.69 Å². The molecule has 0 amide bonds. The van der Waals surface area contributed by atoms with Crippen molar-refractivity contribution in [3.05, 3.63) is 57.0 Å². The highest BCUT2D eigenvalue weighted by molar-refractivity contribution is 6.42. The van der Waals surface area contributed by atoms with Gasteiger partial charge in [0.2, 0.25) is 6.29 Å². The van der Waals surface area contributed by atoms with Crippen LogP contribution in [-0.2, 0) is 16.1 Å². The molecule has 1 atom stereocenters. The number of nitro benzene ring substituents is 1. The Morgan fingerprint density at radius 1 is 1.46 bits per heavy atom. The van der Waals surface area contributed by atoms with Gasteiger partial charge in [0.15, 0.2) is 5.03 Å². The Hall–Kier alpha value is -2.98. The average Bonchev–Trinajstić information content (AvgIpc) is 3.11. The van der Waals surface area contributed by atoms with Gasteiger partial charge in [-0.3, -0.25) is 10.1 Å². The molecule has 1 aliphatic rings. The van der Waals surface area contributed by atoms with Crippen LogP contribution in [-0.4, -0.2) is 37.3 Å². The number of esters is 1. The summed E-state index contributed by atoms with van der Waals surface area (Å²) < 4.78 is 5.78. The maximum Gasteiger partial charge on any atom is 0.354 e. The fraction of sp³-hybridized carbons (Fsp3) is 0.154. The van der Waals surface area contributed by atoms with Gasteiger partial charge in [0.1, 0.15) is 17.1 Å². The molecule has 0 saturated heterocycles. The molecule has 2 N–H and O–H groups in total. The predicted octanol–water partition coefficient (Wildman–Crippen LogP) is 0.591. The van der Waals surface area contributed by atoms with E-state index in [0.29, 0.717) is 5.69 Å². The smallest absolute Gasteiger partial charge is 0.354 e. The maximum atomic E-state index is 11.2.